The molecule has 28 heavy (non-hydrogen) atoms. The summed E-state index contributed by atoms with van der Waals surface area (Å²) in [5.41, 5.74) is 0.0365. The van der Waals surface area contributed by atoms with Crippen LogP contribution in [-0.2, 0) is 19.1 Å². The number of nitrogens with zero attached hydrogens (tertiary/aromatic N) is 1. The first kappa shape index (κ1) is 20.4. The van der Waals surface area contributed by atoms with E-state index in [1.165, 1.54) is 41.8 Å². The Labute approximate surface area is 164 Å². The molecule has 0 saturated carbocycles. The van der Waals surface area contributed by atoms with Gasteiger partial charge in [0, 0.05) is 12.2 Å². The molecule has 1 aromatic carbocycles. The Kier molecular flexibility index (Phi) is 5.78. The number of nitrogens with one attached hydrogen (secondary N) is 1. The fourth-order valence-corrected chi connectivity index (χ4v) is 4.72. The highest BCUT2D eigenvalue weighted by Gasteiger charge is 2.53. The summed E-state index contributed by atoms with van der Waals surface area (Å²) in [4.78, 5) is 38.1. The van der Waals surface area contributed by atoms with Gasteiger partial charge in [-0.1, -0.05) is 12.1 Å². The predicted molar refractivity (Wildman–Crippen MR) is 98.0 cm³/mol. The van der Waals surface area contributed by atoms with Crippen LogP contribution in [0.15, 0.2) is 24.3 Å². The number of hydrogen-bond acceptors (Lipinski definition) is 6. The van der Waals surface area contributed by atoms with Crippen LogP contribution in [0.2, 0.25) is 0 Å². The van der Waals surface area contributed by atoms with E-state index in [2.05, 4.69) is 10.1 Å². The average molecular weight is 414 g/mol. The summed E-state index contributed by atoms with van der Waals surface area (Å²) in [6.45, 7) is 0.239. The molecule has 2 fully saturated rings. The van der Waals surface area contributed by atoms with Gasteiger partial charge >= 0.3 is 12.6 Å². The normalized spacial score (nSPS) is 24.8. The number of hydrogen-bond donors (Lipinski definition) is 1. The van der Waals surface area contributed by atoms with Crippen LogP contribution >= 0.6 is 11.8 Å². The van der Waals surface area contributed by atoms with Crippen molar-refractivity contribution in [1.29, 1.82) is 0 Å². The molecule has 1 aromatic rings. The van der Waals surface area contributed by atoms with Gasteiger partial charge in [0.05, 0.1) is 10.6 Å². The van der Waals surface area contributed by atoms with E-state index in [-0.39, 0.29) is 17.3 Å². The lowest BCUT2D eigenvalue weighted by atomic mass is 10.2. The SMILES string of the molecule is C[C@@H](OC(=O)[C@@H]1CS[C@@]2(C)CCC(=O)N12)C(=O)Nc1ccccc1OC(F)F. The van der Waals surface area contributed by atoms with Gasteiger partial charge in [-0.15, -0.1) is 11.8 Å². The molecule has 10 heteroatoms. The number of benzene rings is 1. The number of anilines is 1. The lowest BCUT2D eigenvalue weighted by molar-refractivity contribution is -0.160. The second kappa shape index (κ2) is 7.94. The highest BCUT2D eigenvalue weighted by Crippen LogP contribution is 2.47. The molecule has 2 amide bonds. The Morgan fingerprint density at radius 2 is 2.07 bits per heavy atom. The Bertz CT molecular complexity index is 793. The van der Waals surface area contributed by atoms with Crippen molar-refractivity contribution in [3.63, 3.8) is 0 Å². The van der Waals surface area contributed by atoms with Crippen molar-refractivity contribution in [3.05, 3.63) is 24.3 Å². The number of thioether (sulfide) groups is 1. The van der Waals surface area contributed by atoms with Crippen LogP contribution in [0.3, 0.4) is 0 Å². The van der Waals surface area contributed by atoms with Crippen LogP contribution in [0.25, 0.3) is 0 Å². The summed E-state index contributed by atoms with van der Waals surface area (Å²) in [5, 5.41) is 2.41. The van der Waals surface area contributed by atoms with Gasteiger partial charge < -0.3 is 19.7 Å². The summed E-state index contributed by atoms with van der Waals surface area (Å²) in [6.07, 6.45) is -0.136. The minimum absolute atomic E-state index is 0.0365. The molecule has 2 saturated heterocycles. The Morgan fingerprint density at radius 1 is 1.36 bits per heavy atom. The molecule has 2 aliphatic rings. The maximum absolute atomic E-state index is 12.5. The van der Waals surface area contributed by atoms with Gasteiger partial charge in [0.15, 0.2) is 6.10 Å². The van der Waals surface area contributed by atoms with Crippen molar-refractivity contribution in [2.75, 3.05) is 11.1 Å². The quantitative estimate of drug-likeness (QED) is 0.721. The molecule has 1 N–H and O–H groups in total. The number of amides is 2. The van der Waals surface area contributed by atoms with E-state index in [0.29, 0.717) is 18.6 Å². The van der Waals surface area contributed by atoms with Crippen molar-refractivity contribution in [2.24, 2.45) is 0 Å². The molecule has 3 rings (SSSR count). The lowest BCUT2D eigenvalue weighted by Crippen LogP contribution is -2.48. The third kappa shape index (κ3) is 4.06. The van der Waals surface area contributed by atoms with Crippen LogP contribution in [0.5, 0.6) is 5.75 Å². The van der Waals surface area contributed by atoms with E-state index in [4.69, 9.17) is 4.74 Å². The Morgan fingerprint density at radius 3 is 2.79 bits per heavy atom. The minimum atomic E-state index is -3.04. The summed E-state index contributed by atoms with van der Waals surface area (Å²) in [6, 6.07) is 4.97. The number of esters is 1. The highest BCUT2D eigenvalue weighted by molar-refractivity contribution is 8.01. The number of halogens is 2. The van der Waals surface area contributed by atoms with Crippen LogP contribution in [-0.4, -0.2) is 52.1 Å². The van der Waals surface area contributed by atoms with Gasteiger partial charge in [0.2, 0.25) is 5.91 Å². The maximum atomic E-state index is 12.5. The number of fused-ring (bicyclic) bond motifs is 1. The number of alkyl halides is 2. The van der Waals surface area contributed by atoms with Crippen molar-refractivity contribution in [1.82, 2.24) is 4.90 Å². The molecule has 2 heterocycles. The highest BCUT2D eigenvalue weighted by atomic mass is 32.2. The smallest absolute Gasteiger partial charge is 0.387 e. The van der Waals surface area contributed by atoms with Crippen molar-refractivity contribution in [3.8, 4) is 5.75 Å². The standard InChI is InChI=1S/C18H20F2N2O5S/c1-10(15(24)21-11-5-3-4-6-13(11)27-17(19)20)26-16(25)12-9-28-18(2)8-7-14(23)22(12)18/h3-6,10,12,17H,7-9H2,1-2H3,(H,21,24)/t10-,12+,18+/m1/s1. The van der Waals surface area contributed by atoms with Gasteiger partial charge in [0.1, 0.15) is 11.8 Å². The van der Waals surface area contributed by atoms with Gasteiger partial charge in [-0.2, -0.15) is 8.78 Å². The number of carbonyl (C=O) groups excluding carboxylic acids is 3. The first-order valence-corrected chi connectivity index (χ1v) is 9.71. The molecular weight excluding hydrogens is 394 g/mol. The summed E-state index contributed by atoms with van der Waals surface area (Å²) in [7, 11) is 0. The molecule has 0 aromatic heterocycles. The minimum Gasteiger partial charge on any atom is -0.451 e. The van der Waals surface area contributed by atoms with Crippen molar-refractivity contribution >= 4 is 35.2 Å². The maximum Gasteiger partial charge on any atom is 0.387 e. The van der Waals surface area contributed by atoms with Crippen molar-refractivity contribution in [2.45, 2.75) is 50.3 Å². The van der Waals surface area contributed by atoms with Gasteiger partial charge in [0.25, 0.3) is 5.91 Å². The van der Waals surface area contributed by atoms with E-state index in [1.54, 1.807) is 6.07 Å². The van der Waals surface area contributed by atoms with Crippen molar-refractivity contribution < 1.29 is 32.6 Å². The topological polar surface area (TPSA) is 84.9 Å². The monoisotopic (exact) mass is 414 g/mol. The summed E-state index contributed by atoms with van der Waals surface area (Å²) >= 11 is 1.52. The van der Waals surface area contributed by atoms with E-state index in [0.717, 1.165) is 0 Å². The van der Waals surface area contributed by atoms with E-state index >= 15 is 0 Å². The fourth-order valence-electron chi connectivity index (χ4n) is 3.30. The third-order valence-electron chi connectivity index (χ3n) is 4.74. The molecule has 7 nitrogen and oxygen atoms in total. The van der Waals surface area contributed by atoms with E-state index in [1.807, 2.05) is 6.92 Å². The molecule has 0 spiro atoms. The molecule has 2 aliphatic heterocycles. The zero-order valence-electron chi connectivity index (χ0n) is 15.3. The van der Waals surface area contributed by atoms with Gasteiger partial charge in [-0.25, -0.2) is 4.79 Å². The van der Waals surface area contributed by atoms with E-state index in [9.17, 15) is 23.2 Å². The van der Waals surface area contributed by atoms with E-state index < -0.39 is 35.5 Å². The number of para-hydroxylation sites is 2. The second-order valence-electron chi connectivity index (χ2n) is 6.71. The number of rotatable bonds is 6. The molecule has 0 aliphatic carbocycles. The fraction of sp³-hybridized carbons (Fsp3) is 0.500. The number of carbonyl (C=O) groups is 3. The molecular formula is C18H20F2N2O5S. The Balaban J connectivity index is 1.62. The molecule has 3 atom stereocenters. The Hall–Kier alpha value is -2.36. The number of ether oxygens (including phenoxy) is 2. The van der Waals surface area contributed by atoms with Gasteiger partial charge in [-0.05, 0) is 32.4 Å². The largest absolute Gasteiger partial charge is 0.451 e. The zero-order valence-corrected chi connectivity index (χ0v) is 16.1. The predicted octanol–water partition coefficient (Wildman–Crippen LogP) is 2.61. The molecule has 0 radical (unpaired) electrons. The molecule has 0 unspecified atom stereocenters. The van der Waals surface area contributed by atoms with Crippen LogP contribution in [0.1, 0.15) is 26.7 Å². The lowest BCUT2D eigenvalue weighted by Gasteiger charge is -2.29. The van der Waals surface area contributed by atoms with Crippen LogP contribution in [0, 0.1) is 0 Å². The molecule has 0 bridgehead atoms. The van der Waals surface area contributed by atoms with Crippen LogP contribution in [0.4, 0.5) is 14.5 Å². The van der Waals surface area contributed by atoms with Gasteiger partial charge in [-0.3, -0.25) is 9.59 Å². The molecule has 152 valence electrons. The first-order valence-electron chi connectivity index (χ1n) is 8.72. The second-order valence-corrected chi connectivity index (χ2v) is 8.21. The average Bonchev–Trinajstić information content (AvgIpc) is 3.12. The third-order valence-corrected chi connectivity index (χ3v) is 6.25. The summed E-state index contributed by atoms with van der Waals surface area (Å²) < 4.78 is 34.5. The zero-order chi connectivity index (χ0) is 20.5. The first-order chi connectivity index (χ1) is 13.2. The van der Waals surface area contributed by atoms with Crippen LogP contribution < -0.4 is 10.1 Å². The summed E-state index contributed by atoms with van der Waals surface area (Å²) in [5.74, 6) is -1.26.